The molecule has 228 valence electrons. The van der Waals surface area contributed by atoms with Gasteiger partial charge in [-0.15, -0.1) is 0 Å². The molecule has 1 atom stereocenters. The number of esters is 1. The fourth-order valence-corrected chi connectivity index (χ4v) is 5.80. The third-order valence-electron chi connectivity index (χ3n) is 8.37. The number of amides is 2. The number of carbonyl (C=O) groups excluding carboxylic acids is 3. The molecule has 2 amide bonds. The van der Waals surface area contributed by atoms with Crippen LogP contribution in [0.1, 0.15) is 51.2 Å². The first-order valence-electron chi connectivity index (χ1n) is 15.2. The Balaban J connectivity index is 1.56. The molecule has 0 spiro atoms. The summed E-state index contributed by atoms with van der Waals surface area (Å²) >= 11 is 0. The molecule has 3 aromatic carbocycles. The van der Waals surface area contributed by atoms with Crippen LogP contribution in [0, 0.1) is 5.41 Å². The first-order chi connectivity index (χ1) is 20.5. The van der Waals surface area contributed by atoms with Crippen LogP contribution in [0.3, 0.4) is 0 Å². The van der Waals surface area contributed by atoms with Gasteiger partial charge in [-0.1, -0.05) is 78.9 Å². The summed E-state index contributed by atoms with van der Waals surface area (Å²) in [6, 6.07) is 23.5. The van der Waals surface area contributed by atoms with E-state index in [-0.39, 0.29) is 17.8 Å². The molecule has 1 fully saturated rings. The number of nitrogens with two attached hydrogens (primary N) is 1. The molecule has 3 aromatic rings. The third-order valence-corrected chi connectivity index (χ3v) is 8.37. The number of benzene rings is 3. The molecule has 1 saturated heterocycles. The van der Waals surface area contributed by atoms with Crippen LogP contribution in [0.15, 0.2) is 84.9 Å². The molecule has 1 aliphatic heterocycles. The molecule has 4 rings (SSSR count). The van der Waals surface area contributed by atoms with E-state index >= 15 is 0 Å². The van der Waals surface area contributed by atoms with Gasteiger partial charge in [-0.05, 0) is 74.4 Å². The Morgan fingerprint density at radius 2 is 1.63 bits per heavy atom. The molecule has 1 aliphatic rings. The quantitative estimate of drug-likeness (QED) is 0.244. The minimum atomic E-state index is -0.701. The van der Waals surface area contributed by atoms with Crippen molar-refractivity contribution in [1.82, 2.24) is 9.80 Å². The second-order valence-corrected chi connectivity index (χ2v) is 12.4. The normalized spacial score (nSPS) is 15.8. The Labute approximate surface area is 255 Å². The molecule has 7 nitrogen and oxygen atoms in total. The fourth-order valence-electron chi connectivity index (χ4n) is 5.80. The maximum atomic E-state index is 14.2. The van der Waals surface area contributed by atoms with Gasteiger partial charge in [0.25, 0.3) is 0 Å². The Bertz CT molecular complexity index is 1440. The Morgan fingerprint density at radius 3 is 2.28 bits per heavy atom. The van der Waals surface area contributed by atoms with E-state index in [1.807, 2.05) is 80.3 Å². The molecule has 1 heterocycles. The van der Waals surface area contributed by atoms with Crippen LogP contribution in [0.4, 0.5) is 0 Å². The van der Waals surface area contributed by atoms with Crippen molar-refractivity contribution in [2.75, 3.05) is 26.7 Å². The van der Waals surface area contributed by atoms with Gasteiger partial charge in [0.05, 0.1) is 12.0 Å². The van der Waals surface area contributed by atoms with Gasteiger partial charge in [0, 0.05) is 32.1 Å². The number of piperidine rings is 1. The summed E-state index contributed by atoms with van der Waals surface area (Å²) in [5.74, 6) is -0.571. The molecule has 2 N–H and O–H groups in total. The van der Waals surface area contributed by atoms with Crippen molar-refractivity contribution in [2.45, 2.75) is 64.5 Å². The Hall–Kier alpha value is -3.97. The van der Waals surface area contributed by atoms with Gasteiger partial charge in [0.2, 0.25) is 11.8 Å². The fraction of sp³-hybridized carbons (Fsp3) is 0.417. The maximum absolute atomic E-state index is 14.2. The molecule has 43 heavy (non-hydrogen) atoms. The Kier molecular flexibility index (Phi) is 10.4. The van der Waals surface area contributed by atoms with Crippen molar-refractivity contribution in [1.29, 1.82) is 0 Å². The molecular weight excluding hydrogens is 538 g/mol. The molecule has 0 bridgehead atoms. The summed E-state index contributed by atoms with van der Waals surface area (Å²) in [6.07, 6.45) is 5.77. The van der Waals surface area contributed by atoms with Gasteiger partial charge in [0.15, 0.2) is 0 Å². The molecule has 0 saturated carbocycles. The van der Waals surface area contributed by atoms with E-state index < -0.39 is 17.0 Å². The number of fused-ring (bicyclic) bond motifs is 1. The number of carbonyl (C=O) groups is 3. The van der Waals surface area contributed by atoms with Crippen LogP contribution in [-0.4, -0.2) is 65.9 Å². The highest BCUT2D eigenvalue weighted by molar-refractivity contribution is 5.93. The van der Waals surface area contributed by atoms with E-state index in [4.69, 9.17) is 10.5 Å². The first kappa shape index (κ1) is 32.0. The van der Waals surface area contributed by atoms with Crippen molar-refractivity contribution in [2.24, 2.45) is 11.1 Å². The lowest BCUT2D eigenvalue weighted by Crippen LogP contribution is -2.54. The summed E-state index contributed by atoms with van der Waals surface area (Å²) < 4.78 is 5.53. The van der Waals surface area contributed by atoms with Crippen LogP contribution in [0.2, 0.25) is 0 Å². The van der Waals surface area contributed by atoms with E-state index in [1.54, 1.807) is 13.1 Å². The minimum Gasteiger partial charge on any atom is -0.466 e. The van der Waals surface area contributed by atoms with E-state index in [0.717, 1.165) is 21.9 Å². The monoisotopic (exact) mass is 583 g/mol. The lowest BCUT2D eigenvalue weighted by molar-refractivity contribution is -0.161. The number of rotatable bonds is 11. The van der Waals surface area contributed by atoms with Crippen molar-refractivity contribution in [3.8, 4) is 0 Å². The van der Waals surface area contributed by atoms with Crippen molar-refractivity contribution in [3.63, 3.8) is 0 Å². The standard InChI is InChI=1S/C36H45N3O4/c1-5-43-34(42)36(26-27-12-7-6-8-13-27)20-22-39(23-21-36)33(41)31(38(4)32(40)16-11-19-35(2,3)37)25-28-17-18-29-14-9-10-15-30(29)24-28/h6-18,24,31H,5,19-23,25-26,37H2,1-4H3/b16-11+/t31-/m1/s1. The molecule has 0 radical (unpaired) electrons. The summed E-state index contributed by atoms with van der Waals surface area (Å²) in [7, 11) is 1.69. The number of ether oxygens (including phenoxy) is 1. The molecular formula is C36H45N3O4. The van der Waals surface area contributed by atoms with Gasteiger partial charge in [-0.3, -0.25) is 14.4 Å². The van der Waals surface area contributed by atoms with Gasteiger partial charge in [-0.25, -0.2) is 0 Å². The topological polar surface area (TPSA) is 92.9 Å². The average Bonchev–Trinajstić information content (AvgIpc) is 2.99. The molecule has 0 unspecified atom stereocenters. The SMILES string of the molecule is CCOC(=O)C1(Cc2ccccc2)CCN(C(=O)[C@@H](Cc2ccc3ccccc3c2)N(C)C(=O)/C=C/CC(C)(C)N)CC1. The lowest BCUT2D eigenvalue weighted by Gasteiger charge is -2.42. The van der Waals surface area contributed by atoms with E-state index in [0.29, 0.717) is 51.8 Å². The number of nitrogens with zero attached hydrogens (tertiary/aromatic N) is 2. The predicted molar refractivity (Wildman–Crippen MR) is 171 cm³/mol. The smallest absolute Gasteiger partial charge is 0.312 e. The second-order valence-electron chi connectivity index (χ2n) is 12.4. The minimum absolute atomic E-state index is 0.117. The molecule has 7 heteroatoms. The van der Waals surface area contributed by atoms with Gasteiger partial charge in [0.1, 0.15) is 6.04 Å². The summed E-state index contributed by atoms with van der Waals surface area (Å²) in [5.41, 5.74) is 7.01. The number of hydrogen-bond donors (Lipinski definition) is 1. The third kappa shape index (κ3) is 8.32. The van der Waals surface area contributed by atoms with Gasteiger partial charge < -0.3 is 20.3 Å². The van der Waals surface area contributed by atoms with E-state index in [1.165, 1.54) is 11.0 Å². The zero-order valence-corrected chi connectivity index (χ0v) is 25.9. The second kappa shape index (κ2) is 14.0. The average molecular weight is 584 g/mol. The summed E-state index contributed by atoms with van der Waals surface area (Å²) in [6.45, 7) is 6.77. The highest BCUT2D eigenvalue weighted by Crippen LogP contribution is 2.37. The van der Waals surface area contributed by atoms with E-state index in [9.17, 15) is 14.4 Å². The zero-order chi connectivity index (χ0) is 31.0. The largest absolute Gasteiger partial charge is 0.466 e. The predicted octanol–water partition coefficient (Wildman–Crippen LogP) is 5.31. The van der Waals surface area contributed by atoms with Crippen LogP contribution < -0.4 is 5.73 Å². The maximum Gasteiger partial charge on any atom is 0.312 e. The number of likely N-dealkylation sites (N-methyl/N-ethyl adjacent to an activating group) is 1. The van der Waals surface area contributed by atoms with Crippen LogP contribution >= 0.6 is 0 Å². The summed E-state index contributed by atoms with van der Waals surface area (Å²) in [5, 5.41) is 2.21. The van der Waals surface area contributed by atoms with Crippen molar-refractivity contribution < 1.29 is 19.1 Å². The molecule has 0 aliphatic carbocycles. The van der Waals surface area contributed by atoms with Gasteiger partial charge in [-0.2, -0.15) is 0 Å². The molecule has 0 aromatic heterocycles. The first-order valence-corrected chi connectivity index (χ1v) is 15.2. The van der Waals surface area contributed by atoms with Crippen LogP contribution in [0.25, 0.3) is 10.8 Å². The van der Waals surface area contributed by atoms with E-state index in [2.05, 4.69) is 18.2 Å². The summed E-state index contributed by atoms with van der Waals surface area (Å²) in [4.78, 5) is 44.1. The van der Waals surface area contributed by atoms with Crippen LogP contribution in [0.5, 0.6) is 0 Å². The zero-order valence-electron chi connectivity index (χ0n) is 25.9. The van der Waals surface area contributed by atoms with Crippen molar-refractivity contribution in [3.05, 3.63) is 96.1 Å². The van der Waals surface area contributed by atoms with Crippen LogP contribution in [-0.2, 0) is 32.0 Å². The number of likely N-dealkylation sites (tertiary alicyclic amines) is 1. The van der Waals surface area contributed by atoms with Gasteiger partial charge >= 0.3 is 5.97 Å². The highest BCUT2D eigenvalue weighted by Gasteiger charge is 2.44. The Morgan fingerprint density at radius 1 is 0.977 bits per heavy atom. The number of hydrogen-bond acceptors (Lipinski definition) is 5. The lowest BCUT2D eigenvalue weighted by atomic mass is 9.73. The van der Waals surface area contributed by atoms with Crippen molar-refractivity contribution >= 4 is 28.6 Å². The highest BCUT2D eigenvalue weighted by atomic mass is 16.5.